The number of nitrogens with zero attached hydrogens (tertiary/aromatic N) is 4. The number of carbonyl (C=O) groups is 1. The maximum Gasteiger partial charge on any atom is 0.235 e. The van der Waals surface area contributed by atoms with Gasteiger partial charge in [0.1, 0.15) is 23.4 Å². The van der Waals surface area contributed by atoms with Gasteiger partial charge in [0.05, 0.1) is 11.3 Å². The number of benzene rings is 1. The van der Waals surface area contributed by atoms with Gasteiger partial charge in [0, 0.05) is 11.4 Å². The molecule has 1 aromatic carbocycles. The summed E-state index contributed by atoms with van der Waals surface area (Å²) in [4.78, 5) is 14.0. The maximum absolute atomic E-state index is 12.8. The molecule has 7 nitrogen and oxygen atoms in total. The number of nitrogens with one attached hydrogen (secondary N) is 1. The first kappa shape index (κ1) is 25.3. The second-order valence-corrected chi connectivity index (χ2v) is 11.8. The quantitative estimate of drug-likeness (QED) is 0.392. The molecule has 2 aromatic heterocycles. The summed E-state index contributed by atoms with van der Waals surface area (Å²) in [5.74, 6) is 2.11. The molecule has 1 amide bonds. The van der Waals surface area contributed by atoms with Crippen molar-refractivity contribution in [2.45, 2.75) is 65.3 Å². The van der Waals surface area contributed by atoms with E-state index in [0.717, 1.165) is 30.6 Å². The Balaban J connectivity index is 1.38. The largest absolute Gasteiger partial charge is 0.486 e. The number of para-hydroxylation sites is 1. The molecule has 0 fully saturated rings. The molecule has 35 heavy (non-hydrogen) atoms. The van der Waals surface area contributed by atoms with E-state index in [1.807, 2.05) is 41.8 Å². The van der Waals surface area contributed by atoms with Crippen LogP contribution in [0, 0.1) is 22.7 Å². The molecule has 0 aliphatic heterocycles. The average molecular weight is 510 g/mol. The Kier molecular flexibility index (Phi) is 7.82. The lowest BCUT2D eigenvalue weighted by Crippen LogP contribution is -2.26. The average Bonchev–Trinajstić information content (AvgIpc) is 3.40. The summed E-state index contributed by atoms with van der Waals surface area (Å²) in [5.41, 5.74) is 1.98. The number of thiophene rings is 1. The van der Waals surface area contributed by atoms with Gasteiger partial charge in [-0.2, -0.15) is 5.26 Å². The monoisotopic (exact) mass is 509 g/mol. The number of hydrogen-bond donors (Lipinski definition) is 1. The van der Waals surface area contributed by atoms with Crippen LogP contribution in [0.4, 0.5) is 5.00 Å². The van der Waals surface area contributed by atoms with E-state index in [0.29, 0.717) is 40.6 Å². The second kappa shape index (κ2) is 10.8. The summed E-state index contributed by atoms with van der Waals surface area (Å²) in [7, 11) is 0. The maximum atomic E-state index is 12.8. The third-order valence-corrected chi connectivity index (χ3v) is 8.54. The zero-order valence-corrected chi connectivity index (χ0v) is 22.3. The fourth-order valence-electron chi connectivity index (χ4n) is 4.34. The first-order valence-electron chi connectivity index (χ1n) is 11.9. The second-order valence-electron chi connectivity index (χ2n) is 9.71. The molecule has 1 N–H and O–H groups in total. The van der Waals surface area contributed by atoms with Crippen molar-refractivity contribution in [1.82, 2.24) is 14.8 Å². The van der Waals surface area contributed by atoms with Crippen LogP contribution in [0.15, 0.2) is 35.5 Å². The lowest BCUT2D eigenvalue weighted by atomic mass is 9.72. The van der Waals surface area contributed by atoms with Gasteiger partial charge in [-0.3, -0.25) is 4.79 Å². The minimum Gasteiger partial charge on any atom is -0.486 e. The third kappa shape index (κ3) is 5.88. The van der Waals surface area contributed by atoms with E-state index in [-0.39, 0.29) is 17.1 Å². The van der Waals surface area contributed by atoms with Crippen LogP contribution in [0.1, 0.15) is 55.9 Å². The number of hydrogen-bond acceptors (Lipinski definition) is 7. The van der Waals surface area contributed by atoms with Crippen LogP contribution in [0.2, 0.25) is 0 Å². The van der Waals surface area contributed by atoms with Crippen molar-refractivity contribution >= 4 is 34.0 Å². The van der Waals surface area contributed by atoms with Gasteiger partial charge in [0.25, 0.3) is 0 Å². The van der Waals surface area contributed by atoms with Crippen LogP contribution in [0.25, 0.3) is 0 Å². The Labute approximate surface area is 214 Å². The molecule has 1 aliphatic carbocycles. The number of rotatable bonds is 8. The van der Waals surface area contributed by atoms with Crippen molar-refractivity contribution in [2.24, 2.45) is 11.3 Å². The Bertz CT molecular complexity index is 1220. The summed E-state index contributed by atoms with van der Waals surface area (Å²) in [6.45, 7) is 9.82. The summed E-state index contributed by atoms with van der Waals surface area (Å²) >= 11 is 2.90. The number of amides is 1. The highest BCUT2D eigenvalue weighted by Crippen LogP contribution is 2.44. The highest BCUT2D eigenvalue weighted by Gasteiger charge is 2.32. The molecule has 1 unspecified atom stereocenters. The van der Waals surface area contributed by atoms with Gasteiger partial charge in [-0.25, -0.2) is 0 Å². The number of ether oxygens (including phenoxy) is 1. The number of carbonyl (C=O) groups excluding carboxylic acids is 1. The summed E-state index contributed by atoms with van der Waals surface area (Å²) < 4.78 is 7.76. The zero-order chi connectivity index (χ0) is 25.0. The summed E-state index contributed by atoms with van der Waals surface area (Å²) in [6.07, 6.45) is 2.94. The van der Waals surface area contributed by atoms with Crippen molar-refractivity contribution in [3.63, 3.8) is 0 Å². The predicted molar refractivity (Wildman–Crippen MR) is 140 cm³/mol. The highest BCUT2D eigenvalue weighted by molar-refractivity contribution is 7.99. The van der Waals surface area contributed by atoms with Crippen molar-refractivity contribution in [1.29, 1.82) is 5.26 Å². The Morgan fingerprint density at radius 1 is 1.31 bits per heavy atom. The number of aromatic nitrogens is 3. The van der Waals surface area contributed by atoms with Crippen LogP contribution in [-0.4, -0.2) is 26.4 Å². The Hall–Kier alpha value is -2.83. The number of fused-ring (bicyclic) bond motifs is 1. The molecule has 0 spiro atoms. The van der Waals surface area contributed by atoms with E-state index >= 15 is 0 Å². The molecule has 9 heteroatoms. The lowest BCUT2D eigenvalue weighted by molar-refractivity contribution is -0.113. The Morgan fingerprint density at radius 2 is 2.09 bits per heavy atom. The third-order valence-electron chi connectivity index (χ3n) is 6.41. The molecule has 0 bridgehead atoms. The van der Waals surface area contributed by atoms with Gasteiger partial charge < -0.3 is 14.6 Å². The van der Waals surface area contributed by atoms with Crippen LogP contribution in [-0.2, 0) is 30.8 Å². The zero-order valence-electron chi connectivity index (χ0n) is 20.6. The number of nitriles is 1. The first-order valence-corrected chi connectivity index (χ1v) is 13.7. The highest BCUT2D eigenvalue weighted by atomic mass is 32.2. The minimum absolute atomic E-state index is 0.148. The molecule has 1 atom stereocenters. The fraction of sp³-hybridized carbons (Fsp3) is 0.462. The molecular weight excluding hydrogens is 478 g/mol. The SMILES string of the molecule is CCn1c(COc2ccccc2)nnc1SCC(=O)Nc1sc2c(c1C#N)CCC(C(C)(C)C)C2. The van der Waals surface area contributed by atoms with Crippen molar-refractivity contribution in [2.75, 3.05) is 11.1 Å². The topological polar surface area (TPSA) is 92.8 Å². The van der Waals surface area contributed by atoms with Crippen molar-refractivity contribution < 1.29 is 9.53 Å². The fourth-order valence-corrected chi connectivity index (χ4v) is 6.45. The summed E-state index contributed by atoms with van der Waals surface area (Å²) in [5, 5.41) is 22.6. The van der Waals surface area contributed by atoms with Crippen LogP contribution >= 0.6 is 23.1 Å². The number of anilines is 1. The van der Waals surface area contributed by atoms with E-state index in [4.69, 9.17) is 4.74 Å². The smallest absolute Gasteiger partial charge is 0.235 e. The van der Waals surface area contributed by atoms with Crippen LogP contribution in [0.5, 0.6) is 5.75 Å². The molecule has 0 saturated carbocycles. The van der Waals surface area contributed by atoms with Gasteiger partial charge in [-0.05, 0) is 55.2 Å². The molecule has 1 aliphatic rings. The molecule has 2 heterocycles. The lowest BCUT2D eigenvalue weighted by Gasteiger charge is -2.33. The van der Waals surface area contributed by atoms with Gasteiger partial charge in [0.15, 0.2) is 11.0 Å². The molecule has 3 aromatic rings. The van der Waals surface area contributed by atoms with Crippen molar-refractivity contribution in [3.8, 4) is 11.8 Å². The predicted octanol–water partition coefficient (Wildman–Crippen LogP) is 5.69. The van der Waals surface area contributed by atoms with E-state index in [1.54, 1.807) is 11.3 Å². The van der Waals surface area contributed by atoms with E-state index in [1.165, 1.54) is 16.6 Å². The summed E-state index contributed by atoms with van der Waals surface area (Å²) in [6, 6.07) is 11.9. The van der Waals surface area contributed by atoms with Crippen LogP contribution in [0.3, 0.4) is 0 Å². The van der Waals surface area contributed by atoms with Crippen molar-refractivity contribution in [3.05, 3.63) is 52.2 Å². The minimum atomic E-state index is -0.148. The first-order chi connectivity index (χ1) is 16.8. The van der Waals surface area contributed by atoms with Gasteiger partial charge >= 0.3 is 0 Å². The molecule has 4 rings (SSSR count). The Morgan fingerprint density at radius 3 is 2.77 bits per heavy atom. The molecule has 0 radical (unpaired) electrons. The van der Waals surface area contributed by atoms with E-state index in [9.17, 15) is 10.1 Å². The van der Waals surface area contributed by atoms with E-state index in [2.05, 4.69) is 42.4 Å². The van der Waals surface area contributed by atoms with E-state index < -0.39 is 0 Å². The normalized spacial score (nSPS) is 15.3. The number of thioether (sulfide) groups is 1. The molecule has 0 saturated heterocycles. The van der Waals surface area contributed by atoms with Gasteiger partial charge in [-0.15, -0.1) is 21.5 Å². The van der Waals surface area contributed by atoms with Crippen LogP contribution < -0.4 is 10.1 Å². The molecule has 184 valence electrons. The van der Waals surface area contributed by atoms with Gasteiger partial charge in [-0.1, -0.05) is 50.7 Å². The molecular formula is C26H31N5O2S2. The van der Waals surface area contributed by atoms with Gasteiger partial charge in [0.2, 0.25) is 5.91 Å². The standard InChI is InChI=1S/C26H31N5O2S2/c1-5-31-22(15-33-18-9-7-6-8-10-18)29-30-25(31)34-16-23(32)28-24-20(14-27)19-12-11-17(26(2,3)4)13-21(19)35-24/h6-10,17H,5,11-13,15-16H2,1-4H3,(H,28,32).